The van der Waals surface area contributed by atoms with E-state index < -0.39 is 0 Å². The lowest BCUT2D eigenvalue weighted by molar-refractivity contribution is -0.137. The molecule has 4 atom stereocenters. The largest absolute Gasteiger partial charge is 0.493 e. The minimum Gasteiger partial charge on any atom is -0.493 e. The predicted octanol–water partition coefficient (Wildman–Crippen LogP) is 3.29. The van der Waals surface area contributed by atoms with E-state index in [4.69, 9.17) is 14.2 Å². The Morgan fingerprint density at radius 1 is 1.04 bits per heavy atom. The summed E-state index contributed by atoms with van der Waals surface area (Å²) in [6.45, 7) is 1.94. The van der Waals surface area contributed by atoms with E-state index in [1.54, 1.807) is 21.3 Å². The Morgan fingerprint density at radius 3 is 2.07 bits per heavy atom. The number of Topliss-reactive ketones (excluding diaryl/α,β-unsaturated/α-hetero) is 1. The molecule has 2 aliphatic carbocycles. The molecule has 0 saturated heterocycles. The van der Waals surface area contributed by atoms with Crippen molar-refractivity contribution in [3.63, 3.8) is 0 Å². The van der Waals surface area contributed by atoms with Crippen molar-refractivity contribution < 1.29 is 23.8 Å². The fourth-order valence-electron chi connectivity index (χ4n) is 4.46. The number of fused-ring (bicyclic) bond motifs is 2. The summed E-state index contributed by atoms with van der Waals surface area (Å²) in [5.41, 5.74) is 0.880. The summed E-state index contributed by atoms with van der Waals surface area (Å²) < 4.78 is 16.1. The first-order chi connectivity index (χ1) is 13.0. The van der Waals surface area contributed by atoms with Crippen molar-refractivity contribution in [3.8, 4) is 17.2 Å². The summed E-state index contributed by atoms with van der Waals surface area (Å²) in [5, 5.41) is 3.11. The van der Waals surface area contributed by atoms with E-state index in [0.717, 1.165) is 24.8 Å². The van der Waals surface area contributed by atoms with Crippen LogP contribution < -0.4 is 19.5 Å². The van der Waals surface area contributed by atoms with Crippen molar-refractivity contribution in [2.24, 2.45) is 17.8 Å². The van der Waals surface area contributed by atoms with Gasteiger partial charge in [0.25, 0.3) is 0 Å². The van der Waals surface area contributed by atoms with Gasteiger partial charge < -0.3 is 19.5 Å². The van der Waals surface area contributed by atoms with Gasteiger partial charge in [0.15, 0.2) is 11.5 Å². The highest BCUT2D eigenvalue weighted by Gasteiger charge is 2.41. The second-order valence-corrected chi connectivity index (χ2v) is 7.58. The third-order valence-corrected chi connectivity index (χ3v) is 5.96. The standard InChI is InChI=1S/C21H29NO5/c1-12(15-10-17(25-2)20(27-4)18(11-15)26-3)22-21(24)16-8-13-6-5-7-14(9-16)19(13)23/h10-14,16H,5-9H2,1-4H3,(H,22,24)/t12-,13-,14+,16?/m0/s1. The van der Waals surface area contributed by atoms with Gasteiger partial charge in [0, 0.05) is 17.8 Å². The van der Waals surface area contributed by atoms with E-state index in [2.05, 4.69) is 5.32 Å². The topological polar surface area (TPSA) is 73.9 Å². The van der Waals surface area contributed by atoms with Gasteiger partial charge in [-0.15, -0.1) is 0 Å². The highest BCUT2D eigenvalue weighted by Crippen LogP contribution is 2.41. The maximum Gasteiger partial charge on any atom is 0.223 e. The zero-order chi connectivity index (χ0) is 19.6. The summed E-state index contributed by atoms with van der Waals surface area (Å²) in [5.74, 6) is 2.12. The second-order valence-electron chi connectivity index (χ2n) is 7.58. The molecular formula is C21H29NO5. The van der Waals surface area contributed by atoms with Gasteiger partial charge in [-0.2, -0.15) is 0 Å². The smallest absolute Gasteiger partial charge is 0.223 e. The molecule has 0 spiro atoms. The molecule has 6 nitrogen and oxygen atoms in total. The second kappa shape index (κ2) is 8.19. The number of hydrogen-bond donors (Lipinski definition) is 1. The van der Waals surface area contributed by atoms with E-state index in [9.17, 15) is 9.59 Å². The van der Waals surface area contributed by atoms with E-state index in [0.29, 0.717) is 35.9 Å². The molecular weight excluding hydrogens is 346 g/mol. The van der Waals surface area contributed by atoms with Gasteiger partial charge >= 0.3 is 0 Å². The van der Waals surface area contributed by atoms with Gasteiger partial charge in [-0.25, -0.2) is 0 Å². The van der Waals surface area contributed by atoms with E-state index in [1.165, 1.54) is 0 Å². The number of methoxy groups -OCH3 is 3. The Hall–Kier alpha value is -2.24. The van der Waals surface area contributed by atoms with Crippen LogP contribution in [0.15, 0.2) is 12.1 Å². The molecule has 1 aromatic carbocycles. The van der Waals surface area contributed by atoms with Gasteiger partial charge in [-0.3, -0.25) is 9.59 Å². The summed E-state index contributed by atoms with van der Waals surface area (Å²) in [6.07, 6.45) is 4.34. The number of carbonyl (C=O) groups is 2. The van der Waals surface area contributed by atoms with E-state index in [1.807, 2.05) is 19.1 Å². The summed E-state index contributed by atoms with van der Waals surface area (Å²) in [7, 11) is 4.71. The van der Waals surface area contributed by atoms with Crippen molar-refractivity contribution in [1.29, 1.82) is 0 Å². The van der Waals surface area contributed by atoms with Gasteiger partial charge in [-0.05, 0) is 50.3 Å². The number of ether oxygens (including phenoxy) is 3. The molecule has 1 N–H and O–H groups in total. The highest BCUT2D eigenvalue weighted by molar-refractivity contribution is 5.88. The minimum atomic E-state index is -0.205. The molecule has 1 unspecified atom stereocenters. The summed E-state index contributed by atoms with van der Waals surface area (Å²) in [4.78, 5) is 25.1. The number of carbonyl (C=O) groups excluding carboxylic acids is 2. The van der Waals surface area contributed by atoms with Crippen LogP contribution in [0.25, 0.3) is 0 Å². The van der Waals surface area contributed by atoms with Crippen LogP contribution in [0.3, 0.4) is 0 Å². The average Bonchev–Trinajstić information content (AvgIpc) is 2.66. The van der Waals surface area contributed by atoms with Crippen molar-refractivity contribution >= 4 is 11.7 Å². The molecule has 2 saturated carbocycles. The van der Waals surface area contributed by atoms with Crippen molar-refractivity contribution in [3.05, 3.63) is 17.7 Å². The van der Waals surface area contributed by atoms with Crippen LogP contribution >= 0.6 is 0 Å². The number of ketones is 1. The third-order valence-electron chi connectivity index (χ3n) is 5.96. The molecule has 27 heavy (non-hydrogen) atoms. The molecule has 1 aromatic rings. The van der Waals surface area contributed by atoms with Crippen LogP contribution in [0.5, 0.6) is 17.2 Å². The fraction of sp³-hybridized carbons (Fsp3) is 0.619. The number of amides is 1. The molecule has 0 radical (unpaired) electrons. The van der Waals surface area contributed by atoms with Gasteiger partial charge in [0.05, 0.1) is 27.4 Å². The number of benzene rings is 1. The Morgan fingerprint density at radius 2 is 1.59 bits per heavy atom. The normalized spacial score (nSPS) is 25.5. The molecule has 0 aliphatic heterocycles. The maximum absolute atomic E-state index is 12.8. The predicted molar refractivity (Wildman–Crippen MR) is 101 cm³/mol. The first-order valence-electron chi connectivity index (χ1n) is 9.62. The molecule has 2 fully saturated rings. The highest BCUT2D eigenvalue weighted by atomic mass is 16.5. The molecule has 148 valence electrons. The Kier molecular flexibility index (Phi) is 5.92. The number of nitrogens with one attached hydrogen (secondary N) is 1. The lowest BCUT2D eigenvalue weighted by Crippen LogP contribution is -2.43. The van der Waals surface area contributed by atoms with Gasteiger partial charge in [0.2, 0.25) is 11.7 Å². The molecule has 2 bridgehead atoms. The zero-order valence-electron chi connectivity index (χ0n) is 16.5. The zero-order valence-corrected chi connectivity index (χ0v) is 16.5. The molecule has 0 aromatic heterocycles. The SMILES string of the molecule is COc1cc([C@H](C)NC(=O)C2C[C@H]3CCC[C@@H](C2)C3=O)cc(OC)c1OC. The first-order valence-corrected chi connectivity index (χ1v) is 9.62. The third kappa shape index (κ3) is 3.89. The molecule has 3 rings (SSSR count). The lowest BCUT2D eigenvalue weighted by atomic mass is 9.67. The average molecular weight is 375 g/mol. The lowest BCUT2D eigenvalue weighted by Gasteiger charge is -2.37. The van der Waals surface area contributed by atoms with Crippen LogP contribution in [0.2, 0.25) is 0 Å². The Balaban J connectivity index is 1.72. The summed E-state index contributed by atoms with van der Waals surface area (Å²) >= 11 is 0. The van der Waals surface area contributed by atoms with Crippen molar-refractivity contribution in [2.75, 3.05) is 21.3 Å². The molecule has 1 amide bonds. The van der Waals surface area contributed by atoms with Crippen LogP contribution in [0.1, 0.15) is 50.6 Å². The minimum absolute atomic E-state index is 0.0284. The first kappa shape index (κ1) is 19.5. The Labute approximate surface area is 160 Å². The van der Waals surface area contributed by atoms with Crippen LogP contribution in [-0.2, 0) is 9.59 Å². The molecule has 6 heteroatoms. The van der Waals surface area contributed by atoms with Gasteiger partial charge in [-0.1, -0.05) is 6.42 Å². The van der Waals surface area contributed by atoms with Crippen LogP contribution in [0, 0.1) is 17.8 Å². The number of rotatable bonds is 6. The van der Waals surface area contributed by atoms with E-state index >= 15 is 0 Å². The maximum atomic E-state index is 12.8. The van der Waals surface area contributed by atoms with Crippen LogP contribution in [-0.4, -0.2) is 33.0 Å². The van der Waals surface area contributed by atoms with Crippen molar-refractivity contribution in [2.45, 2.75) is 45.1 Å². The Bertz CT molecular complexity index is 676. The summed E-state index contributed by atoms with van der Waals surface area (Å²) in [6, 6.07) is 3.50. The van der Waals surface area contributed by atoms with Gasteiger partial charge in [0.1, 0.15) is 5.78 Å². The van der Waals surface area contributed by atoms with E-state index in [-0.39, 0.29) is 29.7 Å². The monoisotopic (exact) mass is 375 g/mol. The van der Waals surface area contributed by atoms with Crippen LogP contribution in [0.4, 0.5) is 0 Å². The molecule has 2 aliphatic rings. The van der Waals surface area contributed by atoms with Crippen molar-refractivity contribution in [1.82, 2.24) is 5.32 Å². The number of hydrogen-bond acceptors (Lipinski definition) is 5. The quantitative estimate of drug-likeness (QED) is 0.826. The fourth-order valence-corrected chi connectivity index (χ4v) is 4.46. The molecule has 0 heterocycles.